The summed E-state index contributed by atoms with van der Waals surface area (Å²) in [7, 11) is 0. The molecule has 4 nitrogen and oxygen atoms in total. The molecule has 0 saturated heterocycles. The zero-order valence-electron chi connectivity index (χ0n) is 16.2. The van der Waals surface area contributed by atoms with Gasteiger partial charge in [-0.2, -0.15) is 5.10 Å². The number of H-pyrrole nitrogens is 1. The van der Waals surface area contributed by atoms with Gasteiger partial charge in [-0.25, -0.2) is 4.98 Å². The molecule has 3 aromatic rings. The molecular formula is C21H28N4S. The Balaban J connectivity index is 1.82. The summed E-state index contributed by atoms with van der Waals surface area (Å²) in [5, 5.41) is 9.61. The van der Waals surface area contributed by atoms with Crippen LogP contribution >= 0.6 is 11.3 Å². The van der Waals surface area contributed by atoms with Crippen molar-refractivity contribution in [3.63, 3.8) is 0 Å². The highest BCUT2D eigenvalue weighted by Gasteiger charge is 2.20. The Labute approximate surface area is 160 Å². The third kappa shape index (κ3) is 4.39. The highest BCUT2D eigenvalue weighted by Crippen LogP contribution is 2.32. The first-order valence-corrected chi connectivity index (χ1v) is 10.3. The minimum atomic E-state index is -0.0533. The summed E-state index contributed by atoms with van der Waals surface area (Å²) >= 11 is 1.80. The molecule has 26 heavy (non-hydrogen) atoms. The average molecular weight is 369 g/mol. The van der Waals surface area contributed by atoms with E-state index in [-0.39, 0.29) is 5.41 Å². The van der Waals surface area contributed by atoms with Crippen LogP contribution in [0.1, 0.15) is 64.8 Å². The Morgan fingerprint density at radius 1 is 1.12 bits per heavy atom. The first-order chi connectivity index (χ1) is 12.5. The van der Waals surface area contributed by atoms with E-state index in [0.717, 1.165) is 17.9 Å². The third-order valence-corrected chi connectivity index (χ3v) is 5.50. The molecule has 3 rings (SSSR count). The second-order valence-electron chi connectivity index (χ2n) is 7.77. The van der Waals surface area contributed by atoms with Crippen molar-refractivity contribution in [3.05, 3.63) is 41.2 Å². The minimum absolute atomic E-state index is 0.0533. The Kier molecular flexibility index (Phi) is 5.87. The Morgan fingerprint density at radius 2 is 1.96 bits per heavy atom. The molecule has 5 heteroatoms. The van der Waals surface area contributed by atoms with Crippen molar-refractivity contribution in [2.45, 2.75) is 65.2 Å². The van der Waals surface area contributed by atoms with E-state index >= 15 is 0 Å². The van der Waals surface area contributed by atoms with Crippen molar-refractivity contribution >= 4 is 11.3 Å². The number of nitrogens with zero attached hydrogens (tertiary/aromatic N) is 3. The summed E-state index contributed by atoms with van der Waals surface area (Å²) in [5.41, 5.74) is 3.41. The monoisotopic (exact) mass is 368 g/mol. The maximum absolute atomic E-state index is 4.64. The molecule has 0 amide bonds. The zero-order chi connectivity index (χ0) is 18.6. The normalized spacial score (nSPS) is 11.8. The van der Waals surface area contributed by atoms with E-state index in [1.807, 2.05) is 6.20 Å². The molecule has 0 atom stereocenters. The Morgan fingerprint density at radius 3 is 2.69 bits per heavy atom. The van der Waals surface area contributed by atoms with Gasteiger partial charge in [0.25, 0.3) is 0 Å². The predicted molar refractivity (Wildman–Crippen MR) is 109 cm³/mol. The second-order valence-corrected chi connectivity index (χ2v) is 8.69. The van der Waals surface area contributed by atoms with Crippen LogP contribution in [-0.4, -0.2) is 20.2 Å². The van der Waals surface area contributed by atoms with E-state index in [1.54, 1.807) is 11.3 Å². The van der Waals surface area contributed by atoms with Crippen molar-refractivity contribution in [3.8, 4) is 22.0 Å². The van der Waals surface area contributed by atoms with Gasteiger partial charge >= 0.3 is 0 Å². The predicted octanol–water partition coefficient (Wildman–Crippen LogP) is 6.02. The molecule has 0 aliphatic rings. The van der Waals surface area contributed by atoms with Crippen LogP contribution < -0.4 is 0 Å². The second kappa shape index (κ2) is 8.12. The smallest absolute Gasteiger partial charge is 0.199 e. The molecule has 0 aromatic carbocycles. The first-order valence-electron chi connectivity index (χ1n) is 9.45. The van der Waals surface area contributed by atoms with Gasteiger partial charge < -0.3 is 0 Å². The molecule has 3 aromatic heterocycles. The highest BCUT2D eigenvalue weighted by atomic mass is 32.1. The van der Waals surface area contributed by atoms with Crippen LogP contribution in [0.2, 0.25) is 0 Å². The Hall–Kier alpha value is -2.01. The number of hydrogen-bond acceptors (Lipinski definition) is 4. The number of nitrogens with one attached hydrogen (secondary N) is 1. The lowest BCUT2D eigenvalue weighted by Crippen LogP contribution is -2.13. The van der Waals surface area contributed by atoms with Gasteiger partial charge in [0.1, 0.15) is 11.5 Å². The third-order valence-electron chi connectivity index (χ3n) is 4.49. The Bertz CT molecular complexity index is 842. The topological polar surface area (TPSA) is 54.5 Å². The molecule has 0 bridgehead atoms. The van der Waals surface area contributed by atoms with Gasteiger partial charge in [-0.05, 0) is 47.5 Å². The van der Waals surface area contributed by atoms with Crippen molar-refractivity contribution in [2.75, 3.05) is 0 Å². The van der Waals surface area contributed by atoms with E-state index in [0.29, 0.717) is 5.82 Å². The molecule has 0 unspecified atom stereocenters. The molecular weight excluding hydrogens is 340 g/mol. The molecule has 1 N–H and O–H groups in total. The van der Waals surface area contributed by atoms with E-state index < -0.39 is 0 Å². The minimum Gasteiger partial charge on any atom is -0.262 e. The highest BCUT2D eigenvalue weighted by molar-refractivity contribution is 7.13. The van der Waals surface area contributed by atoms with Crippen molar-refractivity contribution in [1.82, 2.24) is 20.2 Å². The molecule has 0 aliphatic heterocycles. The molecule has 0 radical (unpaired) electrons. The van der Waals surface area contributed by atoms with Crippen LogP contribution in [-0.2, 0) is 11.8 Å². The van der Waals surface area contributed by atoms with Crippen molar-refractivity contribution < 1.29 is 0 Å². The molecule has 138 valence electrons. The van der Waals surface area contributed by atoms with Crippen LogP contribution in [0.4, 0.5) is 0 Å². The summed E-state index contributed by atoms with van der Waals surface area (Å²) in [6, 6.07) is 6.45. The van der Waals surface area contributed by atoms with Gasteiger partial charge in [0, 0.05) is 16.5 Å². The maximum atomic E-state index is 4.64. The average Bonchev–Trinajstić information content (AvgIpc) is 3.28. The first kappa shape index (κ1) is 18.8. The fourth-order valence-electron chi connectivity index (χ4n) is 2.93. The number of pyridine rings is 1. The van der Waals surface area contributed by atoms with Gasteiger partial charge in [0.05, 0.1) is 0 Å². The van der Waals surface area contributed by atoms with Crippen LogP contribution in [0.15, 0.2) is 29.8 Å². The van der Waals surface area contributed by atoms with E-state index in [2.05, 4.69) is 71.4 Å². The summed E-state index contributed by atoms with van der Waals surface area (Å²) in [6.07, 6.45) is 8.16. The number of aromatic nitrogens is 4. The quantitative estimate of drug-likeness (QED) is 0.519. The van der Waals surface area contributed by atoms with Gasteiger partial charge in [-0.15, -0.1) is 11.3 Å². The lowest BCUT2D eigenvalue weighted by atomic mass is 9.96. The lowest BCUT2D eigenvalue weighted by Gasteiger charge is -2.12. The van der Waals surface area contributed by atoms with Gasteiger partial charge in [-0.1, -0.05) is 47.0 Å². The number of thiophene rings is 1. The summed E-state index contributed by atoms with van der Waals surface area (Å²) in [4.78, 5) is 10.5. The molecule has 0 fully saturated rings. The molecule has 0 aliphatic carbocycles. The van der Waals surface area contributed by atoms with Crippen LogP contribution in [0.5, 0.6) is 0 Å². The number of rotatable bonds is 7. The fourth-order valence-corrected chi connectivity index (χ4v) is 3.89. The van der Waals surface area contributed by atoms with Gasteiger partial charge in [0.15, 0.2) is 5.82 Å². The van der Waals surface area contributed by atoms with Crippen molar-refractivity contribution in [1.29, 1.82) is 0 Å². The van der Waals surface area contributed by atoms with E-state index in [1.165, 1.54) is 41.7 Å². The maximum Gasteiger partial charge on any atom is 0.199 e. The zero-order valence-corrected chi connectivity index (χ0v) is 17.0. The fraction of sp³-hybridized carbons (Fsp3) is 0.476. The number of hydrogen-bond donors (Lipinski definition) is 1. The van der Waals surface area contributed by atoms with Gasteiger partial charge in [-0.3, -0.25) is 10.1 Å². The van der Waals surface area contributed by atoms with E-state index in [4.69, 9.17) is 0 Å². The summed E-state index contributed by atoms with van der Waals surface area (Å²) in [5.74, 6) is 1.55. The summed E-state index contributed by atoms with van der Waals surface area (Å²) in [6.45, 7) is 8.62. The van der Waals surface area contributed by atoms with Crippen molar-refractivity contribution in [2.24, 2.45) is 0 Å². The van der Waals surface area contributed by atoms with Crippen LogP contribution in [0.25, 0.3) is 22.0 Å². The SMILES string of the molecule is CCCCCCc1ccsc1-c1ccnc(-c2n[nH]c(C(C)(C)C)n2)c1. The number of aryl methyl sites for hydroxylation is 1. The molecule has 3 heterocycles. The lowest BCUT2D eigenvalue weighted by molar-refractivity contribution is 0.548. The van der Waals surface area contributed by atoms with Gasteiger partial charge in [0.2, 0.25) is 0 Å². The number of aromatic amines is 1. The van der Waals surface area contributed by atoms with E-state index in [9.17, 15) is 0 Å². The summed E-state index contributed by atoms with van der Waals surface area (Å²) < 4.78 is 0. The van der Waals surface area contributed by atoms with Crippen LogP contribution in [0, 0.1) is 0 Å². The molecule has 0 spiro atoms. The molecule has 0 saturated carbocycles. The van der Waals surface area contributed by atoms with Crippen LogP contribution in [0.3, 0.4) is 0 Å². The number of unbranched alkanes of at least 4 members (excludes halogenated alkanes) is 3. The standard InChI is InChI=1S/C21H28N4S/c1-5-6-7-8-9-15-11-13-26-18(15)16-10-12-22-17(14-16)19-23-20(25-24-19)21(2,3)4/h10-14H,5-9H2,1-4H3,(H,23,24,25). The largest absolute Gasteiger partial charge is 0.262 e.